The van der Waals surface area contributed by atoms with Crippen molar-refractivity contribution in [1.82, 2.24) is 0 Å². The molecule has 2 fully saturated rings. The van der Waals surface area contributed by atoms with Gasteiger partial charge < -0.3 is 9.64 Å². The predicted octanol–water partition coefficient (Wildman–Crippen LogP) is 3.38. The first-order chi connectivity index (χ1) is 8.95. The number of fused-ring (bicyclic) bond motifs is 1. The molecule has 0 N–H and O–H groups in total. The number of hydrogen-bond donors (Lipinski definition) is 0. The summed E-state index contributed by atoms with van der Waals surface area (Å²) < 4.78 is 5.58. The Morgan fingerprint density at radius 1 is 1.11 bits per heavy atom. The smallest absolute Gasteiger partial charge is 0.0515 e. The SMILES string of the molecule is Cc1ccc(C(C)(C)C)cc1N1CC2COCC2C1. The van der Waals surface area contributed by atoms with Gasteiger partial charge in [-0.3, -0.25) is 0 Å². The van der Waals surface area contributed by atoms with Gasteiger partial charge in [-0.25, -0.2) is 0 Å². The number of hydrogen-bond acceptors (Lipinski definition) is 2. The standard InChI is InChI=1S/C17H25NO/c1-12-5-6-15(17(2,3)4)7-16(12)18-8-13-10-19-11-14(13)9-18/h5-7,13-14H,8-11H2,1-4H3. The lowest BCUT2D eigenvalue weighted by Gasteiger charge is -2.26. The lowest BCUT2D eigenvalue weighted by molar-refractivity contribution is 0.177. The lowest BCUT2D eigenvalue weighted by atomic mass is 9.86. The van der Waals surface area contributed by atoms with Crippen LogP contribution in [0.5, 0.6) is 0 Å². The molecule has 1 aromatic rings. The molecule has 2 saturated heterocycles. The summed E-state index contributed by atoms with van der Waals surface area (Å²) in [5.74, 6) is 1.50. The van der Waals surface area contributed by atoms with E-state index in [1.165, 1.54) is 29.9 Å². The molecule has 0 bridgehead atoms. The largest absolute Gasteiger partial charge is 0.381 e. The summed E-state index contributed by atoms with van der Waals surface area (Å²) in [7, 11) is 0. The molecule has 0 spiro atoms. The highest BCUT2D eigenvalue weighted by atomic mass is 16.5. The molecule has 0 saturated carbocycles. The minimum absolute atomic E-state index is 0.223. The average Bonchev–Trinajstić information content (AvgIpc) is 2.88. The molecule has 2 aliphatic heterocycles. The van der Waals surface area contributed by atoms with Crippen molar-refractivity contribution in [2.24, 2.45) is 11.8 Å². The molecule has 0 aromatic heterocycles. The van der Waals surface area contributed by atoms with E-state index in [1.54, 1.807) is 0 Å². The van der Waals surface area contributed by atoms with E-state index in [0.717, 1.165) is 25.0 Å². The zero-order valence-corrected chi connectivity index (χ0v) is 12.6. The third-order valence-electron chi connectivity index (χ3n) is 4.66. The second kappa shape index (κ2) is 4.52. The molecule has 2 nitrogen and oxygen atoms in total. The molecule has 19 heavy (non-hydrogen) atoms. The van der Waals surface area contributed by atoms with Crippen molar-refractivity contribution in [2.45, 2.75) is 33.1 Å². The van der Waals surface area contributed by atoms with Crippen LogP contribution in [-0.2, 0) is 10.2 Å². The van der Waals surface area contributed by atoms with Crippen molar-refractivity contribution in [3.8, 4) is 0 Å². The summed E-state index contributed by atoms with van der Waals surface area (Å²) >= 11 is 0. The van der Waals surface area contributed by atoms with Crippen LogP contribution in [0.4, 0.5) is 5.69 Å². The van der Waals surface area contributed by atoms with Crippen LogP contribution in [0.25, 0.3) is 0 Å². The zero-order chi connectivity index (χ0) is 13.6. The van der Waals surface area contributed by atoms with E-state index < -0.39 is 0 Å². The monoisotopic (exact) mass is 259 g/mol. The van der Waals surface area contributed by atoms with E-state index in [1.807, 2.05) is 0 Å². The maximum atomic E-state index is 5.58. The van der Waals surface area contributed by atoms with Gasteiger partial charge in [0, 0.05) is 30.6 Å². The molecule has 2 atom stereocenters. The van der Waals surface area contributed by atoms with Crippen molar-refractivity contribution >= 4 is 5.69 Å². The molecule has 1 aromatic carbocycles. The summed E-state index contributed by atoms with van der Waals surface area (Å²) in [5, 5.41) is 0. The van der Waals surface area contributed by atoms with Gasteiger partial charge in [0.25, 0.3) is 0 Å². The zero-order valence-electron chi connectivity index (χ0n) is 12.6. The number of rotatable bonds is 1. The number of anilines is 1. The highest BCUT2D eigenvalue weighted by molar-refractivity contribution is 5.57. The summed E-state index contributed by atoms with van der Waals surface area (Å²) in [6.07, 6.45) is 0. The van der Waals surface area contributed by atoms with E-state index in [2.05, 4.69) is 50.8 Å². The van der Waals surface area contributed by atoms with Gasteiger partial charge in [-0.15, -0.1) is 0 Å². The molecule has 3 rings (SSSR count). The van der Waals surface area contributed by atoms with Crippen molar-refractivity contribution < 1.29 is 4.74 Å². The van der Waals surface area contributed by atoms with Crippen molar-refractivity contribution in [3.63, 3.8) is 0 Å². The molecule has 0 amide bonds. The minimum Gasteiger partial charge on any atom is -0.381 e. The third kappa shape index (κ3) is 2.38. The van der Waals surface area contributed by atoms with Crippen molar-refractivity contribution in [3.05, 3.63) is 29.3 Å². The van der Waals surface area contributed by atoms with Crippen LogP contribution >= 0.6 is 0 Å². The highest BCUT2D eigenvalue weighted by Gasteiger charge is 2.37. The third-order valence-corrected chi connectivity index (χ3v) is 4.66. The number of nitrogens with zero attached hydrogens (tertiary/aromatic N) is 1. The quantitative estimate of drug-likeness (QED) is 0.766. The maximum absolute atomic E-state index is 5.58. The fraction of sp³-hybridized carbons (Fsp3) is 0.647. The second-order valence-corrected chi connectivity index (χ2v) is 7.21. The maximum Gasteiger partial charge on any atom is 0.0515 e. The van der Waals surface area contributed by atoms with Gasteiger partial charge in [-0.2, -0.15) is 0 Å². The second-order valence-electron chi connectivity index (χ2n) is 7.21. The van der Waals surface area contributed by atoms with Gasteiger partial charge in [-0.1, -0.05) is 32.9 Å². The van der Waals surface area contributed by atoms with Crippen LogP contribution in [0.3, 0.4) is 0 Å². The molecular weight excluding hydrogens is 234 g/mol. The van der Waals surface area contributed by atoms with Crippen LogP contribution in [0.1, 0.15) is 31.9 Å². The number of ether oxygens (including phenoxy) is 1. The Morgan fingerprint density at radius 2 is 1.74 bits per heavy atom. The lowest BCUT2D eigenvalue weighted by Crippen LogP contribution is -2.24. The van der Waals surface area contributed by atoms with Gasteiger partial charge in [0.15, 0.2) is 0 Å². The van der Waals surface area contributed by atoms with Crippen molar-refractivity contribution in [2.75, 3.05) is 31.2 Å². The first kappa shape index (κ1) is 13.0. The van der Waals surface area contributed by atoms with Gasteiger partial charge in [0.05, 0.1) is 13.2 Å². The Hall–Kier alpha value is -1.02. The van der Waals surface area contributed by atoms with Crippen LogP contribution < -0.4 is 4.90 Å². The van der Waals surface area contributed by atoms with Crippen LogP contribution in [-0.4, -0.2) is 26.3 Å². The minimum atomic E-state index is 0.223. The average molecular weight is 259 g/mol. The fourth-order valence-electron chi connectivity index (χ4n) is 3.30. The van der Waals surface area contributed by atoms with Gasteiger partial charge in [0.1, 0.15) is 0 Å². The first-order valence-corrected chi connectivity index (χ1v) is 7.39. The van der Waals surface area contributed by atoms with Gasteiger partial charge >= 0.3 is 0 Å². The fourth-order valence-corrected chi connectivity index (χ4v) is 3.30. The first-order valence-electron chi connectivity index (χ1n) is 7.39. The van der Waals surface area contributed by atoms with Crippen LogP contribution in [0.2, 0.25) is 0 Å². The Morgan fingerprint density at radius 3 is 2.32 bits per heavy atom. The molecule has 104 valence electrons. The summed E-state index contributed by atoms with van der Waals surface area (Å²) in [4.78, 5) is 2.57. The van der Waals surface area contributed by atoms with Crippen LogP contribution in [0.15, 0.2) is 18.2 Å². The summed E-state index contributed by atoms with van der Waals surface area (Å²) in [5.41, 5.74) is 4.48. The van der Waals surface area contributed by atoms with E-state index in [-0.39, 0.29) is 5.41 Å². The molecule has 2 unspecified atom stereocenters. The molecule has 2 heteroatoms. The number of aryl methyl sites for hydroxylation is 1. The summed E-state index contributed by atoms with van der Waals surface area (Å²) in [6, 6.07) is 6.95. The molecule has 2 heterocycles. The Bertz CT molecular complexity index is 463. The number of benzene rings is 1. The van der Waals surface area contributed by atoms with E-state index >= 15 is 0 Å². The van der Waals surface area contributed by atoms with E-state index in [9.17, 15) is 0 Å². The Kier molecular flexibility index (Phi) is 3.09. The summed E-state index contributed by atoms with van der Waals surface area (Å²) in [6.45, 7) is 13.3. The van der Waals surface area contributed by atoms with Crippen LogP contribution in [0, 0.1) is 18.8 Å². The molecule has 2 aliphatic rings. The van der Waals surface area contributed by atoms with Gasteiger partial charge in [0.2, 0.25) is 0 Å². The van der Waals surface area contributed by atoms with E-state index in [0.29, 0.717) is 0 Å². The predicted molar refractivity (Wildman–Crippen MR) is 79.9 cm³/mol. The Balaban J connectivity index is 1.88. The molecule has 0 radical (unpaired) electrons. The van der Waals surface area contributed by atoms with Crippen molar-refractivity contribution in [1.29, 1.82) is 0 Å². The van der Waals surface area contributed by atoms with E-state index in [4.69, 9.17) is 4.74 Å². The molecule has 0 aliphatic carbocycles. The van der Waals surface area contributed by atoms with Gasteiger partial charge in [-0.05, 0) is 29.5 Å². The highest BCUT2D eigenvalue weighted by Crippen LogP contribution is 2.36. The topological polar surface area (TPSA) is 12.5 Å². The molecular formula is C17H25NO. The normalized spacial score (nSPS) is 26.8. The Labute approximate surface area is 116 Å².